The Bertz CT molecular complexity index is 695. The van der Waals surface area contributed by atoms with Crippen molar-refractivity contribution in [2.75, 3.05) is 6.54 Å². The van der Waals surface area contributed by atoms with E-state index >= 15 is 0 Å². The Morgan fingerprint density at radius 3 is 2.59 bits per heavy atom. The average Bonchev–Trinajstić information content (AvgIpc) is 2.79. The highest BCUT2D eigenvalue weighted by Gasteiger charge is 2.21. The topological polar surface area (TPSA) is 46.9 Å². The minimum Gasteiger partial charge on any atom is -0.352 e. The highest BCUT2D eigenvalue weighted by Crippen LogP contribution is 2.26. The maximum absolute atomic E-state index is 12.3. The van der Waals surface area contributed by atoms with Crippen molar-refractivity contribution in [1.29, 1.82) is 0 Å². The smallest absolute Gasteiger partial charge is 0.255 e. The number of nitrogens with one attached hydrogen (secondary N) is 1. The fourth-order valence-electron chi connectivity index (χ4n) is 2.38. The second-order valence-corrected chi connectivity index (χ2v) is 5.84. The van der Waals surface area contributed by atoms with Gasteiger partial charge in [0.15, 0.2) is 0 Å². The van der Waals surface area contributed by atoms with Crippen LogP contribution in [-0.4, -0.2) is 22.2 Å². The molecule has 1 aromatic carbocycles. The standard InChI is InChI=1S/C16H19Cl2N3O/c1-4-6-14-15(16(22)19-5-2)10(3)21(20-14)11-7-8-12(17)13(18)9-11/h7-9H,4-6H2,1-3H3,(H,19,22). The summed E-state index contributed by atoms with van der Waals surface area (Å²) in [6, 6.07) is 5.32. The summed E-state index contributed by atoms with van der Waals surface area (Å²) >= 11 is 12.0. The van der Waals surface area contributed by atoms with E-state index in [4.69, 9.17) is 23.2 Å². The predicted molar refractivity (Wildman–Crippen MR) is 90.3 cm³/mol. The molecule has 22 heavy (non-hydrogen) atoms. The van der Waals surface area contributed by atoms with Crippen LogP contribution >= 0.6 is 23.2 Å². The number of rotatable bonds is 5. The third-order valence-corrected chi connectivity index (χ3v) is 4.13. The molecule has 0 radical (unpaired) electrons. The fourth-order valence-corrected chi connectivity index (χ4v) is 2.68. The van der Waals surface area contributed by atoms with Gasteiger partial charge in [0.1, 0.15) is 0 Å². The van der Waals surface area contributed by atoms with Crippen LogP contribution in [0.15, 0.2) is 18.2 Å². The molecule has 0 unspecified atom stereocenters. The quantitative estimate of drug-likeness (QED) is 0.887. The molecule has 6 heteroatoms. The number of carbonyl (C=O) groups excluding carboxylic acids is 1. The first-order valence-corrected chi connectivity index (χ1v) is 8.07. The van der Waals surface area contributed by atoms with E-state index in [0.717, 1.165) is 29.9 Å². The number of halogens is 2. The number of hydrogen-bond acceptors (Lipinski definition) is 2. The first-order valence-electron chi connectivity index (χ1n) is 7.31. The summed E-state index contributed by atoms with van der Waals surface area (Å²) in [5, 5.41) is 8.40. The normalized spacial score (nSPS) is 10.8. The number of hydrogen-bond donors (Lipinski definition) is 1. The van der Waals surface area contributed by atoms with E-state index in [-0.39, 0.29) is 5.91 Å². The number of carbonyl (C=O) groups is 1. The van der Waals surface area contributed by atoms with Crippen molar-refractivity contribution < 1.29 is 4.79 Å². The summed E-state index contributed by atoms with van der Waals surface area (Å²) in [6.45, 7) is 6.44. The van der Waals surface area contributed by atoms with E-state index in [1.807, 2.05) is 19.9 Å². The molecule has 1 N–H and O–H groups in total. The monoisotopic (exact) mass is 339 g/mol. The number of aromatic nitrogens is 2. The second kappa shape index (κ2) is 7.16. The summed E-state index contributed by atoms with van der Waals surface area (Å²) in [6.07, 6.45) is 1.67. The molecule has 0 fully saturated rings. The molecule has 0 aliphatic rings. The van der Waals surface area contributed by atoms with Gasteiger partial charge in [0.05, 0.1) is 32.7 Å². The Morgan fingerprint density at radius 2 is 2.00 bits per heavy atom. The van der Waals surface area contributed by atoms with Gasteiger partial charge in [0.25, 0.3) is 5.91 Å². The van der Waals surface area contributed by atoms with Crippen LogP contribution in [-0.2, 0) is 6.42 Å². The molecule has 1 aromatic heterocycles. The molecule has 0 atom stereocenters. The average molecular weight is 340 g/mol. The van der Waals surface area contributed by atoms with Crippen molar-refractivity contribution in [3.63, 3.8) is 0 Å². The molecular weight excluding hydrogens is 321 g/mol. The first-order chi connectivity index (χ1) is 10.5. The SMILES string of the molecule is CCCc1nn(-c2ccc(Cl)c(Cl)c2)c(C)c1C(=O)NCC. The lowest BCUT2D eigenvalue weighted by Crippen LogP contribution is -2.24. The van der Waals surface area contributed by atoms with Gasteiger partial charge >= 0.3 is 0 Å². The zero-order chi connectivity index (χ0) is 16.3. The highest BCUT2D eigenvalue weighted by molar-refractivity contribution is 6.42. The van der Waals surface area contributed by atoms with Crippen LogP contribution in [0.2, 0.25) is 10.0 Å². The molecule has 1 amide bonds. The van der Waals surface area contributed by atoms with Crippen LogP contribution in [0.1, 0.15) is 42.0 Å². The number of aryl methyl sites for hydroxylation is 1. The van der Waals surface area contributed by atoms with Crippen molar-refractivity contribution in [3.05, 3.63) is 45.2 Å². The van der Waals surface area contributed by atoms with Gasteiger partial charge in [0, 0.05) is 6.54 Å². The second-order valence-electron chi connectivity index (χ2n) is 5.03. The molecule has 1 heterocycles. The van der Waals surface area contributed by atoms with Gasteiger partial charge in [-0.05, 0) is 38.5 Å². The summed E-state index contributed by atoms with van der Waals surface area (Å²) in [5.41, 5.74) is 3.04. The van der Waals surface area contributed by atoms with Gasteiger partial charge in [-0.1, -0.05) is 36.5 Å². The Labute approximate surface area is 140 Å². The highest BCUT2D eigenvalue weighted by atomic mass is 35.5. The van der Waals surface area contributed by atoms with Gasteiger partial charge < -0.3 is 5.32 Å². The summed E-state index contributed by atoms with van der Waals surface area (Å²) < 4.78 is 1.75. The molecule has 118 valence electrons. The van der Waals surface area contributed by atoms with Gasteiger partial charge in [0.2, 0.25) is 0 Å². The lowest BCUT2D eigenvalue weighted by atomic mass is 10.1. The summed E-state index contributed by atoms with van der Waals surface area (Å²) in [7, 11) is 0. The van der Waals surface area contributed by atoms with Crippen LogP contribution < -0.4 is 5.32 Å². The summed E-state index contributed by atoms with van der Waals surface area (Å²) in [5.74, 6) is -0.0882. The number of benzene rings is 1. The molecule has 4 nitrogen and oxygen atoms in total. The van der Waals surface area contributed by atoms with E-state index in [1.165, 1.54) is 0 Å². The molecule has 2 rings (SSSR count). The predicted octanol–water partition coefficient (Wildman–Crippen LogP) is 4.19. The molecule has 0 aliphatic carbocycles. The molecular formula is C16H19Cl2N3O. The third-order valence-electron chi connectivity index (χ3n) is 3.39. The van der Waals surface area contributed by atoms with Crippen molar-refractivity contribution in [2.24, 2.45) is 0 Å². The molecule has 0 spiro atoms. The molecule has 0 saturated carbocycles. The van der Waals surface area contributed by atoms with Crippen molar-refractivity contribution in [2.45, 2.75) is 33.6 Å². The third kappa shape index (κ3) is 3.28. The lowest BCUT2D eigenvalue weighted by Gasteiger charge is -2.07. The van der Waals surface area contributed by atoms with E-state index in [0.29, 0.717) is 22.2 Å². The zero-order valence-electron chi connectivity index (χ0n) is 12.9. The Kier molecular flexibility index (Phi) is 5.48. The van der Waals surface area contributed by atoms with Crippen LogP contribution in [0, 0.1) is 6.92 Å². The van der Waals surface area contributed by atoms with Crippen LogP contribution in [0.5, 0.6) is 0 Å². The van der Waals surface area contributed by atoms with E-state index < -0.39 is 0 Å². The molecule has 0 saturated heterocycles. The van der Waals surface area contributed by atoms with Crippen molar-refractivity contribution in [3.8, 4) is 5.69 Å². The lowest BCUT2D eigenvalue weighted by molar-refractivity contribution is 0.0954. The van der Waals surface area contributed by atoms with Gasteiger partial charge in [-0.3, -0.25) is 4.79 Å². The molecule has 0 bridgehead atoms. The van der Waals surface area contributed by atoms with Gasteiger partial charge in [-0.15, -0.1) is 0 Å². The van der Waals surface area contributed by atoms with Crippen molar-refractivity contribution >= 4 is 29.1 Å². The van der Waals surface area contributed by atoms with Gasteiger partial charge in [-0.2, -0.15) is 5.10 Å². The Hall–Kier alpha value is -1.52. The first kappa shape index (κ1) is 16.8. The van der Waals surface area contributed by atoms with E-state index in [2.05, 4.69) is 17.3 Å². The summed E-state index contributed by atoms with van der Waals surface area (Å²) in [4.78, 5) is 12.3. The minimum atomic E-state index is -0.0882. The van der Waals surface area contributed by atoms with E-state index in [9.17, 15) is 4.79 Å². The Morgan fingerprint density at radius 1 is 1.27 bits per heavy atom. The fraction of sp³-hybridized carbons (Fsp3) is 0.375. The maximum atomic E-state index is 12.3. The van der Waals surface area contributed by atoms with Crippen LogP contribution in [0.25, 0.3) is 5.69 Å². The Balaban J connectivity index is 2.55. The van der Waals surface area contributed by atoms with Crippen LogP contribution in [0.4, 0.5) is 0 Å². The number of amides is 1. The van der Waals surface area contributed by atoms with Gasteiger partial charge in [-0.25, -0.2) is 4.68 Å². The maximum Gasteiger partial charge on any atom is 0.255 e. The molecule has 0 aliphatic heterocycles. The van der Waals surface area contributed by atoms with Crippen LogP contribution in [0.3, 0.4) is 0 Å². The molecule has 2 aromatic rings. The minimum absolute atomic E-state index is 0.0882. The largest absolute Gasteiger partial charge is 0.352 e. The van der Waals surface area contributed by atoms with E-state index in [1.54, 1.807) is 16.8 Å². The van der Waals surface area contributed by atoms with Crippen molar-refractivity contribution in [1.82, 2.24) is 15.1 Å². The number of nitrogens with zero attached hydrogens (tertiary/aromatic N) is 2. The zero-order valence-corrected chi connectivity index (χ0v) is 14.4.